The van der Waals surface area contributed by atoms with Gasteiger partial charge in [-0.25, -0.2) is 0 Å². The summed E-state index contributed by atoms with van der Waals surface area (Å²) in [7, 11) is 0. The zero-order chi connectivity index (χ0) is 25.5. The molecule has 0 rings (SSSR count). The van der Waals surface area contributed by atoms with Gasteiger partial charge in [0.25, 0.3) is 0 Å². The van der Waals surface area contributed by atoms with Gasteiger partial charge >= 0.3 is 11.9 Å². The fourth-order valence-corrected chi connectivity index (χ4v) is 3.68. The monoisotopic (exact) mass is 544 g/mol. The quantitative estimate of drug-likeness (QED) is 0.0718. The Balaban J connectivity index is -0.000000569. The van der Waals surface area contributed by atoms with Gasteiger partial charge in [0.1, 0.15) is 0 Å². The van der Waals surface area contributed by atoms with Gasteiger partial charge in [-0.3, -0.25) is 9.59 Å². The average Bonchev–Trinajstić information content (AvgIpc) is 2.80. The third kappa shape index (κ3) is 43.5. The fraction of sp³-hybridized carbons (Fsp3) is 0.800. The Hall–Kier alpha value is -0.957. The summed E-state index contributed by atoms with van der Waals surface area (Å²) in [5.41, 5.74) is 0. The molecule has 0 heterocycles. The van der Waals surface area contributed by atoms with Crippen molar-refractivity contribution >= 4 is 11.9 Å². The van der Waals surface area contributed by atoms with Crippen LogP contribution in [0.2, 0.25) is 0 Å². The summed E-state index contributed by atoms with van der Waals surface area (Å²) in [6.45, 7) is 4.49. The van der Waals surface area contributed by atoms with Gasteiger partial charge in [-0.05, 0) is 38.5 Å². The molecule has 0 spiro atoms. The van der Waals surface area contributed by atoms with E-state index in [2.05, 4.69) is 26.0 Å². The largest absolute Gasteiger partial charge is 0.481 e. The van der Waals surface area contributed by atoms with Crippen molar-refractivity contribution in [2.24, 2.45) is 0 Å². The van der Waals surface area contributed by atoms with E-state index >= 15 is 0 Å². The number of carboxylic acid groups (broad SMARTS) is 2. The molecule has 0 amide bonds. The molecule has 35 heavy (non-hydrogen) atoms. The van der Waals surface area contributed by atoms with Crippen molar-refractivity contribution in [3.8, 4) is 0 Å². The maximum atomic E-state index is 10.2. The second-order valence-electron chi connectivity index (χ2n) is 9.33. The summed E-state index contributed by atoms with van der Waals surface area (Å²) in [5, 5.41) is 16.9. The normalized spacial score (nSPS) is 10.8. The minimum Gasteiger partial charge on any atom is -0.481 e. The summed E-state index contributed by atoms with van der Waals surface area (Å²) in [6.07, 6.45) is 33.9. The molecule has 0 saturated carbocycles. The van der Waals surface area contributed by atoms with Crippen molar-refractivity contribution in [2.75, 3.05) is 0 Å². The van der Waals surface area contributed by atoms with Crippen LogP contribution in [-0.4, -0.2) is 22.2 Å². The zero-order valence-electron chi connectivity index (χ0n) is 23.3. The van der Waals surface area contributed by atoms with E-state index in [1.165, 1.54) is 103 Å². The molecule has 2 N–H and O–H groups in total. The first-order chi connectivity index (χ1) is 16.5. The number of carbonyl (C=O) groups is 2. The molecule has 5 heteroatoms. The molecule has 0 aromatic rings. The first-order valence-electron chi connectivity index (χ1n) is 14.3. The van der Waals surface area contributed by atoms with Crippen molar-refractivity contribution in [1.29, 1.82) is 0 Å². The molecule has 0 aromatic heterocycles. The molecule has 202 valence electrons. The molecule has 0 atom stereocenters. The number of hydrogen-bond acceptors (Lipinski definition) is 2. The standard InChI is InChI=1S/2C15H28O2.Zn/c2*1-2-3-4-5-6-7-8-9-10-11-12-13-14-15(16)17;/h2*11-12H,2-10,13-14H2,1H3,(H,16,17);. The van der Waals surface area contributed by atoms with Gasteiger partial charge in [-0.2, -0.15) is 0 Å². The number of hydrogen-bond donors (Lipinski definition) is 2. The Kier molecular flexibility index (Phi) is 38.8. The number of rotatable bonds is 24. The maximum Gasteiger partial charge on any atom is 0.303 e. The molecule has 0 saturated heterocycles. The Labute approximate surface area is 230 Å². The predicted octanol–water partition coefficient (Wildman–Crippen LogP) is 9.87. The first kappa shape index (κ1) is 38.6. The van der Waals surface area contributed by atoms with Crippen LogP contribution in [0.5, 0.6) is 0 Å². The summed E-state index contributed by atoms with van der Waals surface area (Å²) in [6, 6.07) is 0. The Morgan fingerprint density at radius 3 is 1.00 bits per heavy atom. The molecule has 0 unspecified atom stereocenters. The van der Waals surface area contributed by atoms with E-state index in [9.17, 15) is 9.59 Å². The van der Waals surface area contributed by atoms with Crippen LogP contribution in [0.3, 0.4) is 0 Å². The van der Waals surface area contributed by atoms with Crippen molar-refractivity contribution in [2.45, 2.75) is 155 Å². The van der Waals surface area contributed by atoms with Crippen LogP contribution in [0.15, 0.2) is 24.3 Å². The van der Waals surface area contributed by atoms with E-state index < -0.39 is 11.9 Å². The van der Waals surface area contributed by atoms with Gasteiger partial charge in [0, 0.05) is 32.3 Å². The van der Waals surface area contributed by atoms with E-state index in [1.54, 1.807) is 0 Å². The third-order valence-corrected chi connectivity index (χ3v) is 5.83. The smallest absolute Gasteiger partial charge is 0.303 e. The molecule has 0 aliphatic rings. The topological polar surface area (TPSA) is 74.6 Å². The molecule has 0 aliphatic heterocycles. The second kappa shape index (κ2) is 35.2. The van der Waals surface area contributed by atoms with Crippen molar-refractivity contribution in [1.82, 2.24) is 0 Å². The minimum atomic E-state index is -0.707. The Morgan fingerprint density at radius 1 is 0.457 bits per heavy atom. The van der Waals surface area contributed by atoms with Gasteiger partial charge in [0.2, 0.25) is 0 Å². The average molecular weight is 546 g/mol. The van der Waals surface area contributed by atoms with Crippen LogP contribution in [0, 0.1) is 0 Å². The molecule has 0 fully saturated rings. The molecule has 0 aromatic carbocycles. The van der Waals surface area contributed by atoms with Crippen molar-refractivity contribution in [3.63, 3.8) is 0 Å². The first-order valence-corrected chi connectivity index (χ1v) is 14.3. The van der Waals surface area contributed by atoms with Gasteiger partial charge in [-0.15, -0.1) is 0 Å². The van der Waals surface area contributed by atoms with Gasteiger partial charge in [-0.1, -0.05) is 128 Å². The second-order valence-corrected chi connectivity index (χ2v) is 9.33. The number of allylic oxidation sites excluding steroid dienone is 4. The fourth-order valence-electron chi connectivity index (χ4n) is 3.68. The summed E-state index contributed by atoms with van der Waals surface area (Å²) in [5.74, 6) is -1.41. The molecule has 0 aliphatic carbocycles. The predicted molar refractivity (Wildman–Crippen MR) is 146 cm³/mol. The Bertz CT molecular complexity index is 445. The van der Waals surface area contributed by atoms with Gasteiger partial charge in [0.15, 0.2) is 0 Å². The Morgan fingerprint density at radius 2 is 0.714 bits per heavy atom. The van der Waals surface area contributed by atoms with E-state index in [4.69, 9.17) is 10.2 Å². The molecule has 4 nitrogen and oxygen atoms in total. The van der Waals surface area contributed by atoms with Crippen molar-refractivity contribution in [3.05, 3.63) is 24.3 Å². The van der Waals surface area contributed by atoms with Crippen LogP contribution >= 0.6 is 0 Å². The van der Waals surface area contributed by atoms with Crippen molar-refractivity contribution < 1.29 is 39.3 Å². The van der Waals surface area contributed by atoms with E-state index in [-0.39, 0.29) is 32.3 Å². The summed E-state index contributed by atoms with van der Waals surface area (Å²) < 4.78 is 0. The van der Waals surface area contributed by atoms with Gasteiger partial charge < -0.3 is 10.2 Å². The van der Waals surface area contributed by atoms with Crippen LogP contribution in [-0.2, 0) is 29.1 Å². The van der Waals surface area contributed by atoms with Crippen LogP contribution < -0.4 is 0 Å². The number of aliphatic carboxylic acids is 2. The SMILES string of the molecule is CCCCCCCCCCC=CCCC(=O)O.CCCCCCCCCCC=CCCC(=O)O.[Zn]. The maximum absolute atomic E-state index is 10.2. The van der Waals surface area contributed by atoms with Crippen LogP contribution in [0.1, 0.15) is 155 Å². The van der Waals surface area contributed by atoms with E-state index in [1.807, 2.05) is 12.2 Å². The van der Waals surface area contributed by atoms with Crippen LogP contribution in [0.25, 0.3) is 0 Å². The molecule has 0 bridgehead atoms. The number of unbranched alkanes of at least 4 members (excludes halogenated alkanes) is 16. The molecular weight excluding hydrogens is 490 g/mol. The minimum absolute atomic E-state index is 0. The summed E-state index contributed by atoms with van der Waals surface area (Å²) in [4.78, 5) is 20.5. The summed E-state index contributed by atoms with van der Waals surface area (Å²) >= 11 is 0. The van der Waals surface area contributed by atoms with E-state index in [0.29, 0.717) is 12.8 Å². The third-order valence-electron chi connectivity index (χ3n) is 5.83. The molecular formula is C30H56O4Zn. The zero-order valence-corrected chi connectivity index (χ0v) is 26.3. The van der Waals surface area contributed by atoms with Gasteiger partial charge in [0.05, 0.1) is 0 Å². The molecule has 0 radical (unpaired) electrons. The number of carboxylic acids is 2. The van der Waals surface area contributed by atoms with E-state index in [0.717, 1.165) is 12.8 Å². The van der Waals surface area contributed by atoms with Crippen LogP contribution in [0.4, 0.5) is 0 Å².